The van der Waals surface area contributed by atoms with Crippen LogP contribution in [0.5, 0.6) is 0 Å². The van der Waals surface area contributed by atoms with E-state index in [4.69, 9.17) is 17.0 Å². The number of ketones is 1. The van der Waals surface area contributed by atoms with Crippen LogP contribution in [0.15, 0.2) is 47.3 Å². The number of amidine groups is 1. The van der Waals surface area contributed by atoms with Gasteiger partial charge in [0, 0.05) is 18.2 Å². The molecule has 0 unspecified atom stereocenters. The largest absolute Gasteiger partial charge is 0.425 e. The van der Waals surface area contributed by atoms with Gasteiger partial charge in [-0.1, -0.05) is 6.07 Å². The molecule has 1 aliphatic heterocycles. The van der Waals surface area contributed by atoms with Crippen LogP contribution in [0.25, 0.3) is 4.85 Å². The Kier molecular flexibility index (Phi) is 5.46. The molecule has 1 aliphatic carbocycles. The Morgan fingerprint density at radius 3 is 2.78 bits per heavy atom. The lowest BCUT2D eigenvalue weighted by molar-refractivity contribution is 0.0987. The number of Topliss-reactive ketones (excluding diaryl/α,β-unsaturated/α-hetero) is 1. The molecule has 1 saturated carbocycles. The van der Waals surface area contributed by atoms with E-state index >= 15 is 0 Å². The van der Waals surface area contributed by atoms with Crippen molar-refractivity contribution in [1.29, 1.82) is 0 Å². The maximum atomic E-state index is 14.7. The normalized spacial score (nSPS) is 20.2. The number of nitrogens with two attached hydrogens (primary N) is 1. The fourth-order valence-electron chi connectivity index (χ4n) is 3.77. The van der Waals surface area contributed by atoms with Crippen molar-refractivity contribution in [3.8, 4) is 0 Å². The monoisotopic (exact) mass is 440 g/mol. The van der Waals surface area contributed by atoms with Gasteiger partial charge in [0.05, 0.1) is 6.57 Å². The van der Waals surface area contributed by atoms with E-state index in [2.05, 4.69) is 14.8 Å². The Balaban J connectivity index is 1.67. The molecule has 6 nitrogen and oxygen atoms in total. The zero-order chi connectivity index (χ0) is 23.0. The summed E-state index contributed by atoms with van der Waals surface area (Å²) in [5, 5.41) is 0. The molecule has 9 heteroatoms. The predicted octanol–water partition coefficient (Wildman–Crippen LogP) is 4.78. The van der Waals surface area contributed by atoms with Gasteiger partial charge in [-0.25, -0.2) is 23.0 Å². The van der Waals surface area contributed by atoms with Gasteiger partial charge in [-0.2, -0.15) is 0 Å². The minimum atomic E-state index is -2.94. The number of allylic oxidation sites excluding steroid dienone is 1. The van der Waals surface area contributed by atoms with Crippen LogP contribution < -0.4 is 5.73 Å². The number of hydrogen-bond acceptors (Lipinski definition) is 5. The Bertz CT molecular complexity index is 1200. The number of nitrogens with zero attached hydrogens (tertiary/aromatic N) is 3. The molecule has 0 bridgehead atoms. The van der Waals surface area contributed by atoms with Gasteiger partial charge in [0.1, 0.15) is 17.1 Å². The fourth-order valence-corrected chi connectivity index (χ4v) is 3.77. The highest BCUT2D eigenvalue weighted by atomic mass is 19.3. The second kappa shape index (κ2) is 8.11. The van der Waals surface area contributed by atoms with Crippen LogP contribution in [-0.2, 0) is 16.7 Å². The molecule has 0 radical (unpaired) electrons. The number of aliphatic imine (C=N–C) groups is 1. The van der Waals surface area contributed by atoms with E-state index in [9.17, 15) is 18.0 Å². The SMILES string of the molecule is [C-]#[N+]c1cnc(C(=O)Cc2ccc(F)c([C@]3(C)C=C(C(F)F)OC(N)=N3)c2)c(C2CC2)c1. The van der Waals surface area contributed by atoms with Gasteiger partial charge in [0.15, 0.2) is 11.5 Å². The van der Waals surface area contributed by atoms with E-state index in [0.29, 0.717) is 16.9 Å². The van der Waals surface area contributed by atoms with Crippen LogP contribution in [0, 0.1) is 12.4 Å². The molecule has 164 valence electrons. The van der Waals surface area contributed by atoms with Crippen molar-refractivity contribution < 1.29 is 22.7 Å². The molecule has 2 aliphatic rings. The number of benzene rings is 1. The van der Waals surface area contributed by atoms with E-state index in [1.165, 1.54) is 25.3 Å². The topological polar surface area (TPSA) is 81.9 Å². The van der Waals surface area contributed by atoms with Gasteiger partial charge in [-0.15, -0.1) is 0 Å². The molecule has 2 heterocycles. The third-order valence-corrected chi connectivity index (χ3v) is 5.46. The first-order chi connectivity index (χ1) is 15.2. The Labute approximate surface area is 182 Å². The van der Waals surface area contributed by atoms with E-state index in [1.807, 2.05) is 0 Å². The second-order valence-electron chi connectivity index (χ2n) is 7.98. The first-order valence-corrected chi connectivity index (χ1v) is 9.94. The summed E-state index contributed by atoms with van der Waals surface area (Å²) in [6.07, 6.45) is 1.23. The van der Waals surface area contributed by atoms with Crippen LogP contribution in [0.3, 0.4) is 0 Å². The number of alkyl halides is 2. The van der Waals surface area contributed by atoms with E-state index in [0.717, 1.165) is 30.5 Å². The minimum absolute atomic E-state index is 0.00840. The Morgan fingerprint density at radius 2 is 2.12 bits per heavy atom. The number of halogens is 3. The van der Waals surface area contributed by atoms with Gasteiger partial charge in [0.2, 0.25) is 5.69 Å². The highest BCUT2D eigenvalue weighted by molar-refractivity contribution is 5.97. The maximum absolute atomic E-state index is 14.7. The van der Waals surface area contributed by atoms with Gasteiger partial charge in [0.25, 0.3) is 12.4 Å². The fraction of sp³-hybridized carbons (Fsp3) is 0.304. The first kappa shape index (κ1) is 21.6. The first-order valence-electron chi connectivity index (χ1n) is 9.94. The minimum Gasteiger partial charge on any atom is -0.425 e. The van der Waals surface area contributed by atoms with Crippen LogP contribution in [0.4, 0.5) is 18.9 Å². The van der Waals surface area contributed by atoms with Crippen molar-refractivity contribution >= 4 is 17.5 Å². The molecule has 1 atom stereocenters. The summed E-state index contributed by atoms with van der Waals surface area (Å²) in [6, 6.07) is 5.23. The van der Waals surface area contributed by atoms with Crippen molar-refractivity contribution in [3.05, 3.63) is 81.9 Å². The third kappa shape index (κ3) is 4.21. The molecule has 0 saturated heterocycles. The number of ether oxygens (including phenoxy) is 1. The molecular formula is C23H19F3N4O2. The van der Waals surface area contributed by atoms with Crippen LogP contribution >= 0.6 is 0 Å². The van der Waals surface area contributed by atoms with Gasteiger partial charge < -0.3 is 10.5 Å². The van der Waals surface area contributed by atoms with Gasteiger partial charge in [-0.05, 0) is 61.1 Å². The molecule has 0 spiro atoms. The quantitative estimate of drug-likeness (QED) is 0.518. The summed E-state index contributed by atoms with van der Waals surface area (Å²) >= 11 is 0. The molecule has 0 amide bonds. The highest BCUT2D eigenvalue weighted by Gasteiger charge is 2.35. The van der Waals surface area contributed by atoms with Crippen LogP contribution in [0.1, 0.15) is 52.9 Å². The summed E-state index contributed by atoms with van der Waals surface area (Å²) in [5.74, 6) is -1.45. The zero-order valence-electron chi connectivity index (χ0n) is 17.1. The standard InChI is InChI=1S/C23H19F3N4O2/c1-23(10-19(21(25)26)32-22(27)30-23)16-7-12(3-6-17(16)24)8-18(31)20-15(13-4-5-13)9-14(28-2)11-29-20/h3,6-7,9-11,13,21H,4-5,8H2,1H3,(H2,27,30)/t23-/m0/s1. The number of rotatable bonds is 6. The summed E-state index contributed by atoms with van der Waals surface area (Å²) < 4.78 is 45.8. The summed E-state index contributed by atoms with van der Waals surface area (Å²) in [5.41, 5.74) is 5.91. The van der Waals surface area contributed by atoms with E-state index in [-0.39, 0.29) is 23.7 Å². The Morgan fingerprint density at radius 1 is 1.38 bits per heavy atom. The van der Waals surface area contributed by atoms with Crippen molar-refractivity contribution in [2.24, 2.45) is 10.7 Å². The second-order valence-corrected chi connectivity index (χ2v) is 7.98. The molecular weight excluding hydrogens is 421 g/mol. The van der Waals surface area contributed by atoms with Crippen LogP contribution in [0.2, 0.25) is 0 Å². The number of aromatic nitrogens is 1. The van der Waals surface area contributed by atoms with Crippen LogP contribution in [-0.4, -0.2) is 23.2 Å². The molecule has 1 fully saturated rings. The maximum Gasteiger partial charge on any atom is 0.295 e. The average Bonchev–Trinajstić information content (AvgIpc) is 3.59. The highest BCUT2D eigenvalue weighted by Crippen LogP contribution is 2.42. The molecule has 1 aromatic heterocycles. The molecule has 4 rings (SSSR count). The summed E-state index contributed by atoms with van der Waals surface area (Å²) in [7, 11) is 0. The zero-order valence-corrected chi connectivity index (χ0v) is 17.1. The van der Waals surface area contributed by atoms with Crippen molar-refractivity contribution in [1.82, 2.24) is 4.98 Å². The predicted molar refractivity (Wildman–Crippen MR) is 111 cm³/mol. The van der Waals surface area contributed by atoms with Gasteiger partial charge >= 0.3 is 0 Å². The van der Waals surface area contributed by atoms with E-state index < -0.39 is 29.6 Å². The van der Waals surface area contributed by atoms with Crippen molar-refractivity contribution in [2.45, 2.75) is 44.1 Å². The molecule has 2 N–H and O–H groups in total. The lowest BCUT2D eigenvalue weighted by atomic mass is 9.88. The van der Waals surface area contributed by atoms with Gasteiger partial charge in [-0.3, -0.25) is 9.78 Å². The molecule has 1 aromatic carbocycles. The number of carbonyl (C=O) groups is 1. The van der Waals surface area contributed by atoms with Crippen molar-refractivity contribution in [3.63, 3.8) is 0 Å². The molecule has 32 heavy (non-hydrogen) atoms. The third-order valence-electron chi connectivity index (χ3n) is 5.46. The smallest absolute Gasteiger partial charge is 0.295 e. The summed E-state index contributed by atoms with van der Waals surface area (Å²) in [4.78, 5) is 24.6. The summed E-state index contributed by atoms with van der Waals surface area (Å²) in [6.45, 7) is 8.59. The number of hydrogen-bond donors (Lipinski definition) is 1. The number of carbonyl (C=O) groups excluding carboxylic acids is 1. The average molecular weight is 440 g/mol. The molecule has 2 aromatic rings. The number of pyridine rings is 1. The lowest BCUT2D eigenvalue weighted by Gasteiger charge is -2.28. The lowest BCUT2D eigenvalue weighted by Crippen LogP contribution is -2.32. The van der Waals surface area contributed by atoms with Crippen molar-refractivity contribution in [2.75, 3.05) is 0 Å². The van der Waals surface area contributed by atoms with E-state index in [1.54, 1.807) is 6.07 Å². The Hall–Kier alpha value is -3.67.